The number of nitrogens with one attached hydrogen (secondary N) is 1. The molecule has 82 valence electrons. The van der Waals surface area contributed by atoms with Crippen LogP contribution in [0.25, 0.3) is 5.95 Å². The Morgan fingerprint density at radius 2 is 2.31 bits per heavy atom. The van der Waals surface area contributed by atoms with Gasteiger partial charge >= 0.3 is 0 Å². The third-order valence-electron chi connectivity index (χ3n) is 1.70. The number of amides is 1. The van der Waals surface area contributed by atoms with Crippen LogP contribution in [-0.4, -0.2) is 25.7 Å². The van der Waals surface area contributed by atoms with E-state index in [4.69, 9.17) is 11.6 Å². The normalized spacial score (nSPS) is 10.1. The van der Waals surface area contributed by atoms with Gasteiger partial charge in [0.15, 0.2) is 0 Å². The Kier molecular flexibility index (Phi) is 2.82. The third-order valence-corrected chi connectivity index (χ3v) is 1.89. The maximum absolute atomic E-state index is 10.9. The van der Waals surface area contributed by atoms with Crippen LogP contribution in [0.1, 0.15) is 6.92 Å². The van der Waals surface area contributed by atoms with Gasteiger partial charge in [-0.15, -0.1) is 0 Å². The largest absolute Gasteiger partial charge is 0.311 e. The number of halogens is 1. The number of aromatic nitrogens is 4. The molecule has 0 atom stereocenters. The fourth-order valence-electron chi connectivity index (χ4n) is 1.14. The Balaban J connectivity index is 2.40. The summed E-state index contributed by atoms with van der Waals surface area (Å²) in [6.45, 7) is 1.39. The van der Waals surface area contributed by atoms with Crippen molar-refractivity contribution in [3.8, 4) is 5.95 Å². The molecule has 0 spiro atoms. The molecule has 6 nitrogen and oxygen atoms in total. The first kappa shape index (κ1) is 10.6. The summed E-state index contributed by atoms with van der Waals surface area (Å²) in [7, 11) is 0. The van der Waals surface area contributed by atoms with Crippen LogP contribution in [0, 0.1) is 0 Å². The van der Waals surface area contributed by atoms with Gasteiger partial charge in [-0.1, -0.05) is 11.6 Å². The van der Waals surface area contributed by atoms with Crippen LogP contribution in [0.2, 0.25) is 5.15 Å². The minimum Gasteiger partial charge on any atom is -0.311 e. The lowest BCUT2D eigenvalue weighted by Crippen LogP contribution is -2.10. The van der Waals surface area contributed by atoms with Crippen LogP contribution >= 0.6 is 11.6 Å². The van der Waals surface area contributed by atoms with Gasteiger partial charge in [0.25, 0.3) is 5.95 Å². The molecule has 0 fully saturated rings. The monoisotopic (exact) mass is 237 g/mol. The molecule has 2 heterocycles. The van der Waals surface area contributed by atoms with E-state index in [0.717, 1.165) is 0 Å². The molecular formula is C9H8ClN5O. The molecule has 0 aliphatic carbocycles. The number of carbonyl (C=O) groups is 1. The summed E-state index contributed by atoms with van der Waals surface area (Å²) in [6, 6.07) is 3.21. The molecule has 0 bridgehead atoms. The second-order valence-electron chi connectivity index (χ2n) is 3.01. The van der Waals surface area contributed by atoms with E-state index in [2.05, 4.69) is 20.4 Å². The van der Waals surface area contributed by atoms with Gasteiger partial charge < -0.3 is 5.32 Å². The Morgan fingerprint density at radius 1 is 1.50 bits per heavy atom. The maximum Gasteiger partial charge on any atom is 0.253 e. The average Bonchev–Trinajstić information content (AvgIpc) is 2.67. The summed E-state index contributed by atoms with van der Waals surface area (Å²) in [4.78, 5) is 19.0. The first-order valence-electron chi connectivity index (χ1n) is 4.47. The van der Waals surface area contributed by atoms with Crippen LogP contribution in [0.15, 0.2) is 24.5 Å². The Labute approximate surface area is 96.3 Å². The summed E-state index contributed by atoms with van der Waals surface area (Å²) in [5.74, 6) is 0.431. The highest BCUT2D eigenvalue weighted by Crippen LogP contribution is 2.13. The average molecular weight is 238 g/mol. The van der Waals surface area contributed by atoms with Gasteiger partial charge in [-0.3, -0.25) is 4.79 Å². The standard InChI is InChI=1S/C9H8ClN5O/c1-6(16)12-8-5-7(10)13-9(14-8)15-4-2-3-11-15/h2-5H,1H3,(H,12,13,14,16). The third kappa shape index (κ3) is 2.34. The summed E-state index contributed by atoms with van der Waals surface area (Å²) >= 11 is 5.81. The number of rotatable bonds is 2. The van der Waals surface area contributed by atoms with E-state index in [0.29, 0.717) is 11.8 Å². The number of hydrogen-bond acceptors (Lipinski definition) is 4. The molecule has 1 amide bonds. The minimum absolute atomic E-state index is 0.221. The number of hydrogen-bond donors (Lipinski definition) is 1. The Bertz CT molecular complexity index is 511. The molecular weight excluding hydrogens is 230 g/mol. The molecule has 0 aliphatic rings. The highest BCUT2D eigenvalue weighted by atomic mass is 35.5. The van der Waals surface area contributed by atoms with Crippen LogP contribution in [0.3, 0.4) is 0 Å². The van der Waals surface area contributed by atoms with Gasteiger partial charge in [-0.25, -0.2) is 4.68 Å². The summed E-state index contributed by atoms with van der Waals surface area (Å²) in [5, 5.41) is 6.74. The molecule has 0 aliphatic heterocycles. The highest BCUT2D eigenvalue weighted by molar-refractivity contribution is 6.29. The zero-order valence-electron chi connectivity index (χ0n) is 8.38. The van der Waals surface area contributed by atoms with E-state index >= 15 is 0 Å². The second kappa shape index (κ2) is 4.28. The molecule has 0 radical (unpaired) electrons. The van der Waals surface area contributed by atoms with E-state index in [1.165, 1.54) is 17.7 Å². The fourth-order valence-corrected chi connectivity index (χ4v) is 1.32. The SMILES string of the molecule is CC(=O)Nc1cc(Cl)nc(-n2cccn2)n1. The first-order chi connectivity index (χ1) is 7.65. The van der Waals surface area contributed by atoms with Crippen molar-refractivity contribution in [2.45, 2.75) is 6.92 Å². The van der Waals surface area contributed by atoms with Crippen LogP contribution < -0.4 is 5.32 Å². The van der Waals surface area contributed by atoms with E-state index in [1.807, 2.05) is 0 Å². The molecule has 7 heteroatoms. The van der Waals surface area contributed by atoms with Gasteiger partial charge in [0, 0.05) is 25.4 Å². The van der Waals surface area contributed by atoms with Crippen LogP contribution in [0.5, 0.6) is 0 Å². The quantitative estimate of drug-likeness (QED) is 0.799. The number of carbonyl (C=O) groups excluding carboxylic acids is 1. The predicted molar refractivity (Wildman–Crippen MR) is 58.5 cm³/mol. The van der Waals surface area contributed by atoms with Crippen molar-refractivity contribution in [2.24, 2.45) is 0 Å². The Hall–Kier alpha value is -1.95. The lowest BCUT2D eigenvalue weighted by atomic mass is 10.5. The molecule has 16 heavy (non-hydrogen) atoms. The van der Waals surface area contributed by atoms with Crippen molar-refractivity contribution in [3.63, 3.8) is 0 Å². The molecule has 2 rings (SSSR count). The topological polar surface area (TPSA) is 72.7 Å². The van der Waals surface area contributed by atoms with Gasteiger partial charge in [0.05, 0.1) is 0 Å². The molecule has 0 saturated heterocycles. The second-order valence-corrected chi connectivity index (χ2v) is 3.39. The van der Waals surface area contributed by atoms with Crippen molar-refractivity contribution in [1.29, 1.82) is 0 Å². The molecule has 2 aromatic rings. The van der Waals surface area contributed by atoms with E-state index in [1.54, 1.807) is 18.5 Å². The summed E-state index contributed by atoms with van der Waals surface area (Å²) in [6.07, 6.45) is 3.28. The van der Waals surface area contributed by atoms with Gasteiger partial charge in [0.1, 0.15) is 11.0 Å². The van der Waals surface area contributed by atoms with Crippen molar-refractivity contribution in [2.75, 3.05) is 5.32 Å². The van der Waals surface area contributed by atoms with Crippen molar-refractivity contribution >= 4 is 23.3 Å². The lowest BCUT2D eigenvalue weighted by molar-refractivity contribution is -0.114. The summed E-state index contributed by atoms with van der Waals surface area (Å²) < 4.78 is 1.46. The predicted octanol–water partition coefficient (Wildman–Crippen LogP) is 1.27. The number of anilines is 1. The Morgan fingerprint density at radius 3 is 2.94 bits per heavy atom. The first-order valence-corrected chi connectivity index (χ1v) is 4.85. The van der Waals surface area contributed by atoms with Crippen molar-refractivity contribution in [3.05, 3.63) is 29.7 Å². The molecule has 0 unspecified atom stereocenters. The molecule has 0 saturated carbocycles. The molecule has 0 aromatic carbocycles. The van der Waals surface area contributed by atoms with Gasteiger partial charge in [-0.05, 0) is 6.07 Å². The number of nitrogens with zero attached hydrogens (tertiary/aromatic N) is 4. The minimum atomic E-state index is -0.221. The van der Waals surface area contributed by atoms with E-state index in [-0.39, 0.29) is 11.1 Å². The highest BCUT2D eigenvalue weighted by Gasteiger charge is 2.06. The zero-order chi connectivity index (χ0) is 11.5. The van der Waals surface area contributed by atoms with Crippen LogP contribution in [0.4, 0.5) is 5.82 Å². The van der Waals surface area contributed by atoms with Crippen molar-refractivity contribution < 1.29 is 4.79 Å². The van der Waals surface area contributed by atoms with Crippen LogP contribution in [-0.2, 0) is 4.79 Å². The zero-order valence-corrected chi connectivity index (χ0v) is 9.14. The molecule has 2 aromatic heterocycles. The fraction of sp³-hybridized carbons (Fsp3) is 0.111. The maximum atomic E-state index is 10.9. The van der Waals surface area contributed by atoms with Gasteiger partial charge in [-0.2, -0.15) is 15.1 Å². The van der Waals surface area contributed by atoms with Gasteiger partial charge in [0.2, 0.25) is 5.91 Å². The molecule has 1 N–H and O–H groups in total. The summed E-state index contributed by atoms with van der Waals surface area (Å²) in [5.41, 5.74) is 0. The van der Waals surface area contributed by atoms with E-state index < -0.39 is 0 Å². The lowest BCUT2D eigenvalue weighted by Gasteiger charge is -2.04. The van der Waals surface area contributed by atoms with Crippen molar-refractivity contribution in [1.82, 2.24) is 19.7 Å². The van der Waals surface area contributed by atoms with E-state index in [9.17, 15) is 4.79 Å². The smallest absolute Gasteiger partial charge is 0.253 e.